The maximum Gasteiger partial charge on any atom is 0.251 e. The lowest BCUT2D eigenvalue weighted by atomic mass is 9.96. The van der Waals surface area contributed by atoms with E-state index in [0.717, 1.165) is 59.2 Å². The molecule has 1 amide bonds. The molecule has 6 heteroatoms. The number of nitrogens with zero attached hydrogens (tertiary/aromatic N) is 3. The second-order valence-corrected chi connectivity index (χ2v) is 9.06. The van der Waals surface area contributed by atoms with Crippen LogP contribution in [0.3, 0.4) is 0 Å². The molecule has 2 aliphatic rings. The first kappa shape index (κ1) is 19.9. The highest BCUT2D eigenvalue weighted by Crippen LogP contribution is 2.32. The van der Waals surface area contributed by atoms with Crippen molar-refractivity contribution >= 4 is 22.5 Å². The van der Waals surface area contributed by atoms with Gasteiger partial charge in [-0.3, -0.25) is 4.79 Å². The van der Waals surface area contributed by atoms with Gasteiger partial charge in [-0.05, 0) is 74.6 Å². The van der Waals surface area contributed by atoms with Gasteiger partial charge in [0.2, 0.25) is 0 Å². The van der Waals surface area contributed by atoms with E-state index in [2.05, 4.69) is 64.7 Å². The molecule has 2 aromatic carbocycles. The molecular formula is C25H29N5O. The van der Waals surface area contributed by atoms with Crippen LogP contribution < -0.4 is 15.5 Å². The van der Waals surface area contributed by atoms with Gasteiger partial charge in [-0.1, -0.05) is 12.1 Å². The van der Waals surface area contributed by atoms with Crippen LogP contribution in [-0.4, -0.2) is 47.3 Å². The summed E-state index contributed by atoms with van der Waals surface area (Å²) in [5.74, 6) is 0.957. The van der Waals surface area contributed by atoms with Crippen LogP contribution in [0.25, 0.3) is 21.9 Å². The fourth-order valence-electron chi connectivity index (χ4n) is 4.34. The van der Waals surface area contributed by atoms with Gasteiger partial charge < -0.3 is 15.5 Å². The zero-order valence-electron chi connectivity index (χ0n) is 18.4. The number of carbonyl (C=O) groups excluding carboxylic acids is 1. The SMILES string of the molecule is Cc1ccc(C(=O)NC2CC2)cc1-c1ccc2c(N3CC(C)NCC3C)nncc2c1. The van der Waals surface area contributed by atoms with Crippen molar-refractivity contribution in [2.24, 2.45) is 0 Å². The number of aromatic nitrogens is 2. The first-order chi connectivity index (χ1) is 15.0. The predicted octanol–water partition coefficient (Wildman–Crippen LogP) is 3.68. The topological polar surface area (TPSA) is 70.2 Å². The summed E-state index contributed by atoms with van der Waals surface area (Å²) >= 11 is 0. The number of benzene rings is 2. The lowest BCUT2D eigenvalue weighted by Crippen LogP contribution is -2.54. The van der Waals surface area contributed by atoms with E-state index in [9.17, 15) is 4.79 Å². The third kappa shape index (κ3) is 4.00. The monoisotopic (exact) mass is 415 g/mol. The highest BCUT2D eigenvalue weighted by molar-refractivity contribution is 5.98. The number of nitrogens with one attached hydrogen (secondary N) is 2. The minimum atomic E-state index is 0.0134. The molecule has 2 fully saturated rings. The van der Waals surface area contributed by atoms with Gasteiger partial charge in [0.15, 0.2) is 5.82 Å². The molecule has 1 aliphatic heterocycles. The molecule has 6 nitrogen and oxygen atoms in total. The molecule has 2 N–H and O–H groups in total. The quantitative estimate of drug-likeness (QED) is 0.680. The summed E-state index contributed by atoms with van der Waals surface area (Å²) in [4.78, 5) is 14.9. The summed E-state index contributed by atoms with van der Waals surface area (Å²) < 4.78 is 0. The fourth-order valence-corrected chi connectivity index (χ4v) is 4.34. The zero-order chi connectivity index (χ0) is 21.5. The smallest absolute Gasteiger partial charge is 0.251 e. The van der Waals surface area contributed by atoms with Gasteiger partial charge >= 0.3 is 0 Å². The van der Waals surface area contributed by atoms with Crippen molar-refractivity contribution < 1.29 is 4.79 Å². The van der Waals surface area contributed by atoms with E-state index >= 15 is 0 Å². The van der Waals surface area contributed by atoms with E-state index in [1.54, 1.807) is 0 Å². The lowest BCUT2D eigenvalue weighted by molar-refractivity contribution is 0.0951. The van der Waals surface area contributed by atoms with E-state index in [-0.39, 0.29) is 5.91 Å². The molecule has 160 valence electrons. The highest BCUT2D eigenvalue weighted by Gasteiger charge is 2.26. The van der Waals surface area contributed by atoms with Crippen molar-refractivity contribution in [2.75, 3.05) is 18.0 Å². The number of aryl methyl sites for hydroxylation is 1. The van der Waals surface area contributed by atoms with E-state index in [4.69, 9.17) is 0 Å². The number of carbonyl (C=O) groups is 1. The van der Waals surface area contributed by atoms with Crippen LogP contribution >= 0.6 is 0 Å². The van der Waals surface area contributed by atoms with E-state index in [1.165, 1.54) is 0 Å². The Labute approximate surface area is 183 Å². The molecule has 2 atom stereocenters. The van der Waals surface area contributed by atoms with Crippen molar-refractivity contribution in [3.8, 4) is 11.1 Å². The van der Waals surface area contributed by atoms with Gasteiger partial charge in [0.05, 0.1) is 6.20 Å². The number of hydrogen-bond donors (Lipinski definition) is 2. The predicted molar refractivity (Wildman–Crippen MR) is 124 cm³/mol. The van der Waals surface area contributed by atoms with Crippen LogP contribution in [0.5, 0.6) is 0 Å². The molecule has 5 rings (SSSR count). The average molecular weight is 416 g/mol. The Hall–Kier alpha value is -2.99. The first-order valence-electron chi connectivity index (χ1n) is 11.2. The van der Waals surface area contributed by atoms with Crippen LogP contribution in [0.1, 0.15) is 42.6 Å². The molecule has 1 aliphatic carbocycles. The van der Waals surface area contributed by atoms with Gasteiger partial charge in [-0.2, -0.15) is 5.10 Å². The molecule has 1 saturated heterocycles. The molecule has 2 heterocycles. The summed E-state index contributed by atoms with van der Waals surface area (Å²) in [6.07, 6.45) is 4.00. The second-order valence-electron chi connectivity index (χ2n) is 9.06. The Balaban J connectivity index is 1.51. The normalized spacial score (nSPS) is 21.3. The summed E-state index contributed by atoms with van der Waals surface area (Å²) in [5, 5.41) is 17.6. The molecule has 2 unspecified atom stereocenters. The Morgan fingerprint density at radius 1 is 1.16 bits per heavy atom. The number of hydrogen-bond acceptors (Lipinski definition) is 5. The van der Waals surface area contributed by atoms with Gasteiger partial charge in [0, 0.05) is 47.6 Å². The van der Waals surface area contributed by atoms with Crippen LogP contribution in [0.2, 0.25) is 0 Å². The van der Waals surface area contributed by atoms with Crippen molar-refractivity contribution in [1.82, 2.24) is 20.8 Å². The molecule has 0 bridgehead atoms. The number of anilines is 1. The Bertz CT molecular complexity index is 1140. The third-order valence-corrected chi connectivity index (χ3v) is 6.40. The first-order valence-corrected chi connectivity index (χ1v) is 11.2. The average Bonchev–Trinajstić information content (AvgIpc) is 3.59. The standard InChI is InChI=1S/C25H29N5O/c1-15-4-5-19(25(31)28-21-7-8-21)11-23(15)18-6-9-22-20(10-18)13-27-29-24(22)30-14-16(2)26-12-17(30)3/h4-6,9-11,13,16-17,21,26H,7-8,12,14H2,1-3H3,(H,28,31). The zero-order valence-corrected chi connectivity index (χ0v) is 18.4. The maximum atomic E-state index is 12.5. The van der Waals surface area contributed by atoms with Gasteiger partial charge in [-0.15, -0.1) is 5.10 Å². The molecular weight excluding hydrogens is 386 g/mol. The number of fused-ring (bicyclic) bond motifs is 1. The summed E-state index contributed by atoms with van der Waals surface area (Å²) in [5.41, 5.74) is 4.03. The lowest BCUT2D eigenvalue weighted by Gasteiger charge is -2.38. The van der Waals surface area contributed by atoms with Crippen LogP contribution in [-0.2, 0) is 0 Å². The van der Waals surface area contributed by atoms with Crippen molar-refractivity contribution in [3.63, 3.8) is 0 Å². The Kier molecular flexibility index (Phi) is 5.10. The summed E-state index contributed by atoms with van der Waals surface area (Å²) in [7, 11) is 0. The third-order valence-electron chi connectivity index (χ3n) is 6.40. The fraction of sp³-hybridized carbons (Fsp3) is 0.400. The summed E-state index contributed by atoms with van der Waals surface area (Å²) in [6.45, 7) is 8.35. The number of piperazine rings is 1. The molecule has 3 aromatic rings. The maximum absolute atomic E-state index is 12.5. The van der Waals surface area contributed by atoms with Crippen LogP contribution in [0, 0.1) is 6.92 Å². The molecule has 1 aromatic heterocycles. The molecule has 1 saturated carbocycles. The molecule has 0 spiro atoms. The molecule has 31 heavy (non-hydrogen) atoms. The Morgan fingerprint density at radius 3 is 2.81 bits per heavy atom. The van der Waals surface area contributed by atoms with Crippen molar-refractivity contribution in [3.05, 3.63) is 53.7 Å². The van der Waals surface area contributed by atoms with Gasteiger partial charge in [-0.25, -0.2) is 0 Å². The minimum Gasteiger partial charge on any atom is -0.349 e. The Morgan fingerprint density at radius 2 is 2.00 bits per heavy atom. The minimum absolute atomic E-state index is 0.0134. The van der Waals surface area contributed by atoms with Crippen molar-refractivity contribution in [2.45, 2.75) is 51.7 Å². The van der Waals surface area contributed by atoms with E-state index < -0.39 is 0 Å². The van der Waals surface area contributed by atoms with E-state index in [1.807, 2.05) is 24.4 Å². The second kappa shape index (κ2) is 7.93. The van der Waals surface area contributed by atoms with Gasteiger partial charge in [0.25, 0.3) is 5.91 Å². The summed E-state index contributed by atoms with van der Waals surface area (Å²) in [6, 6.07) is 13.5. The molecule has 0 radical (unpaired) electrons. The van der Waals surface area contributed by atoms with E-state index in [0.29, 0.717) is 23.7 Å². The van der Waals surface area contributed by atoms with Crippen LogP contribution in [0.4, 0.5) is 5.82 Å². The largest absolute Gasteiger partial charge is 0.349 e. The number of amides is 1. The van der Waals surface area contributed by atoms with Crippen molar-refractivity contribution in [1.29, 1.82) is 0 Å². The number of rotatable bonds is 4. The van der Waals surface area contributed by atoms with Gasteiger partial charge in [0.1, 0.15) is 0 Å². The highest BCUT2D eigenvalue weighted by atomic mass is 16.1. The van der Waals surface area contributed by atoms with Crippen LogP contribution in [0.15, 0.2) is 42.6 Å².